The van der Waals surface area contributed by atoms with Crippen molar-refractivity contribution in [3.8, 4) is 0 Å². The molecule has 0 bridgehead atoms. The first-order valence-corrected chi connectivity index (χ1v) is 6.17. The molecule has 0 aromatic carbocycles. The Morgan fingerprint density at radius 3 is 2.94 bits per heavy atom. The van der Waals surface area contributed by atoms with Crippen molar-refractivity contribution in [1.29, 1.82) is 0 Å². The predicted molar refractivity (Wildman–Crippen MR) is 61.7 cm³/mol. The van der Waals surface area contributed by atoms with Crippen LogP contribution in [0.25, 0.3) is 0 Å². The Hall–Kier alpha value is -1.41. The third kappa shape index (κ3) is 2.32. The van der Waals surface area contributed by atoms with Crippen molar-refractivity contribution in [3.63, 3.8) is 0 Å². The van der Waals surface area contributed by atoms with E-state index in [0.29, 0.717) is 21.4 Å². The lowest BCUT2D eigenvalue weighted by Gasteiger charge is -2.02. The Bertz CT molecular complexity index is 532. The number of rotatable bonds is 3. The highest BCUT2D eigenvalue weighted by atomic mass is 35.5. The molecule has 0 radical (unpaired) electrons. The fraction of sp³-hybridized carbons (Fsp3) is 0.375. The first-order valence-electron chi connectivity index (χ1n) is 4.98. The average molecular weight is 270 g/mol. The van der Waals surface area contributed by atoms with Crippen LogP contribution in [-0.2, 0) is 0 Å². The molecule has 7 nitrogen and oxygen atoms in total. The highest BCUT2D eigenvalue weighted by Crippen LogP contribution is 2.37. The molecular weight excluding hydrogens is 262 g/mol. The number of nitrogen functional groups attached to an aromatic ring is 1. The van der Waals surface area contributed by atoms with Gasteiger partial charge in [0.1, 0.15) is 10.2 Å². The van der Waals surface area contributed by atoms with Crippen LogP contribution < -0.4 is 5.73 Å². The zero-order valence-electron chi connectivity index (χ0n) is 8.62. The van der Waals surface area contributed by atoms with Crippen molar-refractivity contribution < 1.29 is 0 Å². The second kappa shape index (κ2) is 4.11. The van der Waals surface area contributed by atoms with E-state index in [2.05, 4.69) is 25.5 Å². The highest BCUT2D eigenvalue weighted by molar-refractivity contribution is 7.99. The Kier molecular flexibility index (Phi) is 2.60. The van der Waals surface area contributed by atoms with E-state index in [1.807, 2.05) is 0 Å². The molecule has 0 spiro atoms. The average Bonchev–Trinajstić information content (AvgIpc) is 2.99. The van der Waals surface area contributed by atoms with Gasteiger partial charge >= 0.3 is 0 Å². The lowest BCUT2D eigenvalue weighted by Crippen LogP contribution is -2.00. The number of nitrogens with zero attached hydrogens (tertiary/aromatic N) is 6. The fourth-order valence-electron chi connectivity index (χ4n) is 1.36. The van der Waals surface area contributed by atoms with Crippen LogP contribution in [0.4, 0.5) is 5.95 Å². The zero-order chi connectivity index (χ0) is 11.8. The van der Waals surface area contributed by atoms with E-state index < -0.39 is 0 Å². The van der Waals surface area contributed by atoms with Gasteiger partial charge in [0.25, 0.3) is 0 Å². The molecule has 17 heavy (non-hydrogen) atoms. The zero-order valence-corrected chi connectivity index (χ0v) is 10.2. The molecule has 1 aliphatic carbocycles. The topological polar surface area (TPSA) is 95.4 Å². The molecule has 2 N–H and O–H groups in total. The highest BCUT2D eigenvalue weighted by Gasteiger charge is 2.28. The summed E-state index contributed by atoms with van der Waals surface area (Å²) in [6, 6.07) is 2.05. The van der Waals surface area contributed by atoms with Gasteiger partial charge in [0.2, 0.25) is 11.1 Å². The minimum absolute atomic E-state index is 0.144. The standard InChI is InChI=1S/C8H8ClN7S/c9-5-3-6(12-7(10)11-5)17-8-13-14-15-16(8)4-1-2-4/h3-4H,1-2H2,(H2,10,11,12). The number of hydrogen-bond donors (Lipinski definition) is 1. The van der Waals surface area contributed by atoms with E-state index in [-0.39, 0.29) is 5.95 Å². The molecule has 1 aliphatic rings. The summed E-state index contributed by atoms with van der Waals surface area (Å²) in [5.41, 5.74) is 5.52. The Labute approximate surface area is 106 Å². The number of hydrogen-bond acceptors (Lipinski definition) is 7. The molecule has 2 heterocycles. The Morgan fingerprint density at radius 1 is 1.41 bits per heavy atom. The van der Waals surface area contributed by atoms with E-state index in [1.54, 1.807) is 10.7 Å². The van der Waals surface area contributed by atoms with Crippen molar-refractivity contribution in [1.82, 2.24) is 30.2 Å². The summed E-state index contributed by atoms with van der Waals surface area (Å²) in [6.45, 7) is 0. The quantitative estimate of drug-likeness (QED) is 0.836. The summed E-state index contributed by atoms with van der Waals surface area (Å²) < 4.78 is 1.80. The van der Waals surface area contributed by atoms with Gasteiger partial charge in [-0.05, 0) is 35.0 Å². The minimum Gasteiger partial charge on any atom is -0.368 e. The number of aromatic nitrogens is 6. The molecule has 1 saturated carbocycles. The summed E-state index contributed by atoms with van der Waals surface area (Å²) in [7, 11) is 0. The van der Waals surface area contributed by atoms with Gasteiger partial charge in [-0.2, -0.15) is 0 Å². The van der Waals surface area contributed by atoms with Crippen molar-refractivity contribution in [2.45, 2.75) is 29.1 Å². The third-order valence-corrected chi connectivity index (χ3v) is 3.30. The van der Waals surface area contributed by atoms with Gasteiger partial charge in [-0.3, -0.25) is 0 Å². The summed E-state index contributed by atoms with van der Waals surface area (Å²) in [5.74, 6) is 0.144. The maximum Gasteiger partial charge on any atom is 0.222 e. The molecule has 0 aliphatic heterocycles. The summed E-state index contributed by atoms with van der Waals surface area (Å²) in [5, 5.41) is 13.2. The van der Waals surface area contributed by atoms with E-state index in [0.717, 1.165) is 12.8 Å². The fourth-order valence-corrected chi connectivity index (χ4v) is 2.47. The molecule has 3 rings (SSSR count). The van der Waals surface area contributed by atoms with Gasteiger partial charge in [0.05, 0.1) is 6.04 Å². The van der Waals surface area contributed by atoms with Crippen molar-refractivity contribution in [3.05, 3.63) is 11.2 Å². The number of tetrazole rings is 1. The SMILES string of the molecule is Nc1nc(Cl)cc(Sc2nnnn2C2CC2)n1. The molecule has 1 fully saturated rings. The lowest BCUT2D eigenvalue weighted by atomic mass is 10.7. The predicted octanol–water partition coefficient (Wildman–Crippen LogP) is 1.18. The van der Waals surface area contributed by atoms with Crippen LogP contribution in [0.15, 0.2) is 16.2 Å². The van der Waals surface area contributed by atoms with Gasteiger partial charge in [0, 0.05) is 6.07 Å². The molecule has 0 saturated heterocycles. The van der Waals surface area contributed by atoms with Crippen LogP contribution in [0.2, 0.25) is 5.15 Å². The third-order valence-electron chi connectivity index (χ3n) is 2.24. The summed E-state index contributed by atoms with van der Waals surface area (Å²) in [4.78, 5) is 7.86. The number of halogens is 1. The van der Waals surface area contributed by atoms with Crippen LogP contribution >= 0.6 is 23.4 Å². The van der Waals surface area contributed by atoms with Gasteiger partial charge in [-0.15, -0.1) is 5.10 Å². The Morgan fingerprint density at radius 2 is 2.24 bits per heavy atom. The van der Waals surface area contributed by atoms with E-state index in [1.165, 1.54) is 11.8 Å². The van der Waals surface area contributed by atoms with Crippen molar-refractivity contribution in [2.75, 3.05) is 5.73 Å². The van der Waals surface area contributed by atoms with Crippen molar-refractivity contribution in [2.24, 2.45) is 0 Å². The maximum atomic E-state index is 5.80. The van der Waals surface area contributed by atoms with E-state index in [9.17, 15) is 0 Å². The molecule has 2 aromatic rings. The molecule has 0 atom stereocenters. The minimum atomic E-state index is 0.144. The molecule has 88 valence electrons. The molecule has 0 unspecified atom stereocenters. The maximum absolute atomic E-state index is 5.80. The Balaban J connectivity index is 1.88. The molecule has 2 aromatic heterocycles. The lowest BCUT2D eigenvalue weighted by molar-refractivity contribution is 0.565. The molecule has 9 heteroatoms. The van der Waals surface area contributed by atoms with Gasteiger partial charge < -0.3 is 5.73 Å². The largest absolute Gasteiger partial charge is 0.368 e. The van der Waals surface area contributed by atoms with Crippen LogP contribution in [0.5, 0.6) is 0 Å². The number of anilines is 1. The molecular formula is C8H8ClN7S. The summed E-state index contributed by atoms with van der Waals surface area (Å²) >= 11 is 7.13. The van der Waals surface area contributed by atoms with Crippen molar-refractivity contribution >= 4 is 29.3 Å². The summed E-state index contributed by atoms with van der Waals surface area (Å²) in [6.07, 6.45) is 2.23. The second-order valence-electron chi connectivity index (χ2n) is 3.63. The number of nitrogens with two attached hydrogens (primary N) is 1. The van der Waals surface area contributed by atoms with Gasteiger partial charge in [-0.1, -0.05) is 11.6 Å². The smallest absolute Gasteiger partial charge is 0.222 e. The van der Waals surface area contributed by atoms with Crippen LogP contribution in [0.3, 0.4) is 0 Å². The second-order valence-corrected chi connectivity index (χ2v) is 5.00. The van der Waals surface area contributed by atoms with Gasteiger partial charge in [0.15, 0.2) is 0 Å². The first-order chi connectivity index (χ1) is 8.22. The van der Waals surface area contributed by atoms with Gasteiger partial charge in [-0.25, -0.2) is 14.6 Å². The monoisotopic (exact) mass is 269 g/mol. The normalized spacial score (nSPS) is 15.1. The van der Waals surface area contributed by atoms with Crippen LogP contribution in [-0.4, -0.2) is 30.2 Å². The van der Waals surface area contributed by atoms with E-state index in [4.69, 9.17) is 17.3 Å². The van der Waals surface area contributed by atoms with Crippen LogP contribution in [0.1, 0.15) is 18.9 Å². The first kappa shape index (κ1) is 10.7. The molecule has 0 amide bonds. The van der Waals surface area contributed by atoms with Crippen LogP contribution in [0, 0.1) is 0 Å². The van der Waals surface area contributed by atoms with E-state index >= 15 is 0 Å².